The number of rotatable bonds is 10. The molecule has 0 amide bonds. The van der Waals surface area contributed by atoms with Crippen LogP contribution >= 0.6 is 15.9 Å². The molecule has 0 saturated heterocycles. The lowest BCUT2D eigenvalue weighted by Gasteiger charge is -2.38. The van der Waals surface area contributed by atoms with Gasteiger partial charge in [0.15, 0.2) is 0 Å². The number of benzene rings is 3. The van der Waals surface area contributed by atoms with Gasteiger partial charge < -0.3 is 14.7 Å². The Hall–Kier alpha value is -2.87. The molecule has 0 saturated carbocycles. The van der Waals surface area contributed by atoms with Crippen molar-refractivity contribution in [3.8, 4) is 5.88 Å². The number of aliphatic hydroxyl groups is 1. The van der Waals surface area contributed by atoms with E-state index in [-0.39, 0.29) is 12.0 Å². The smallest absolute Gasteiger partial charge is 0.217 e. The largest absolute Gasteiger partial charge is 0.481 e. The van der Waals surface area contributed by atoms with Gasteiger partial charge in [-0.25, -0.2) is 13.8 Å². The zero-order valence-corrected chi connectivity index (χ0v) is 22.8. The highest BCUT2D eigenvalue weighted by atomic mass is 79.9. The molecule has 1 heterocycles. The van der Waals surface area contributed by atoms with Crippen molar-refractivity contribution >= 4 is 26.8 Å². The Balaban J connectivity index is 1.98. The predicted molar refractivity (Wildman–Crippen MR) is 147 cm³/mol. The molecule has 7 heteroatoms. The van der Waals surface area contributed by atoms with Crippen LogP contribution in [0.15, 0.2) is 77.3 Å². The van der Waals surface area contributed by atoms with E-state index in [9.17, 15) is 9.50 Å². The Labute approximate surface area is 225 Å². The predicted octanol–water partition coefficient (Wildman–Crippen LogP) is 7.04. The topological polar surface area (TPSA) is 45.6 Å². The first-order valence-corrected chi connectivity index (χ1v) is 13.0. The summed E-state index contributed by atoms with van der Waals surface area (Å²) in [4.78, 5) is 6.78. The van der Waals surface area contributed by atoms with Gasteiger partial charge in [-0.15, -0.1) is 0 Å². The molecule has 37 heavy (non-hydrogen) atoms. The number of fused-ring (bicyclic) bond motifs is 1. The van der Waals surface area contributed by atoms with Crippen LogP contribution in [0, 0.1) is 11.6 Å². The molecular weight excluding hydrogens is 538 g/mol. The van der Waals surface area contributed by atoms with Crippen molar-refractivity contribution in [2.24, 2.45) is 0 Å². The quantitative estimate of drug-likeness (QED) is 0.208. The summed E-state index contributed by atoms with van der Waals surface area (Å²) in [5.41, 5.74) is 0.201. The maximum absolute atomic E-state index is 15.4. The Kier molecular flexibility index (Phi) is 8.57. The summed E-state index contributed by atoms with van der Waals surface area (Å²) in [7, 11) is 5.49. The van der Waals surface area contributed by atoms with Crippen LogP contribution < -0.4 is 4.74 Å². The SMILES string of the molecule is COc1nc2ccc(Br)cc2cc1C(c1ccccc1)C(O)(CCCCN(C)C)c1cc(F)ccc1F. The molecule has 0 aliphatic heterocycles. The number of hydrogen-bond acceptors (Lipinski definition) is 4. The van der Waals surface area contributed by atoms with Gasteiger partial charge in [0.2, 0.25) is 5.88 Å². The molecular formula is C30H31BrF2N2O2. The fraction of sp³-hybridized carbons (Fsp3) is 0.300. The normalized spacial score (nSPS) is 14.1. The number of ether oxygens (including phenoxy) is 1. The number of hydrogen-bond donors (Lipinski definition) is 1. The second-order valence-corrected chi connectivity index (χ2v) is 10.5. The fourth-order valence-electron chi connectivity index (χ4n) is 4.96. The Bertz CT molecular complexity index is 1370. The van der Waals surface area contributed by atoms with E-state index >= 15 is 4.39 Å². The maximum Gasteiger partial charge on any atom is 0.217 e. The van der Waals surface area contributed by atoms with E-state index in [0.29, 0.717) is 17.9 Å². The van der Waals surface area contributed by atoms with E-state index in [1.165, 1.54) is 7.11 Å². The maximum atomic E-state index is 15.4. The molecule has 3 aromatic carbocycles. The van der Waals surface area contributed by atoms with E-state index in [0.717, 1.165) is 52.1 Å². The minimum atomic E-state index is -1.78. The molecule has 0 aliphatic rings. The number of halogens is 3. The average Bonchev–Trinajstić information content (AvgIpc) is 2.88. The van der Waals surface area contributed by atoms with E-state index in [4.69, 9.17) is 9.72 Å². The van der Waals surface area contributed by atoms with Gasteiger partial charge in [0.05, 0.1) is 12.6 Å². The molecule has 1 aromatic heterocycles. The number of pyridine rings is 1. The van der Waals surface area contributed by atoms with Gasteiger partial charge in [-0.05, 0) is 87.9 Å². The highest BCUT2D eigenvalue weighted by Crippen LogP contribution is 2.48. The summed E-state index contributed by atoms with van der Waals surface area (Å²) >= 11 is 3.52. The first kappa shape index (κ1) is 27.2. The zero-order valence-electron chi connectivity index (χ0n) is 21.2. The third-order valence-corrected chi connectivity index (χ3v) is 7.19. The lowest BCUT2D eigenvalue weighted by molar-refractivity contribution is 0.00324. The summed E-state index contributed by atoms with van der Waals surface area (Å²) < 4.78 is 36.5. The van der Waals surface area contributed by atoms with Crippen molar-refractivity contribution in [3.05, 3.63) is 106 Å². The van der Waals surface area contributed by atoms with E-state index in [1.54, 1.807) is 0 Å². The number of unbranched alkanes of at least 4 members (excludes halogenated alkanes) is 1. The minimum absolute atomic E-state index is 0.0809. The Morgan fingerprint density at radius 2 is 1.76 bits per heavy atom. The monoisotopic (exact) mass is 568 g/mol. The second kappa shape index (κ2) is 11.7. The summed E-state index contributed by atoms with van der Waals surface area (Å²) in [6.45, 7) is 0.812. The minimum Gasteiger partial charge on any atom is -0.481 e. The van der Waals surface area contributed by atoms with E-state index in [2.05, 4.69) is 20.8 Å². The van der Waals surface area contributed by atoms with Crippen molar-refractivity contribution in [3.63, 3.8) is 0 Å². The first-order valence-electron chi connectivity index (χ1n) is 12.2. The molecule has 1 N–H and O–H groups in total. The number of aromatic nitrogens is 1. The van der Waals surface area contributed by atoms with Crippen LogP contribution in [0.2, 0.25) is 0 Å². The van der Waals surface area contributed by atoms with Crippen LogP contribution in [0.5, 0.6) is 5.88 Å². The standard InChI is InChI=1S/C30H31BrF2N2O2/c1-35(2)16-8-7-15-30(36,25-19-23(32)12-13-26(25)33)28(20-9-5-4-6-10-20)24-18-21-17-22(31)11-14-27(21)34-29(24)37-3/h4-6,9-14,17-19,28,36H,7-8,15-16H2,1-3H3. The number of methoxy groups -OCH3 is 1. The van der Waals surface area contributed by atoms with Crippen molar-refractivity contribution in [2.75, 3.05) is 27.7 Å². The third-order valence-electron chi connectivity index (χ3n) is 6.69. The molecule has 0 aliphatic carbocycles. The third kappa shape index (κ3) is 6.00. The summed E-state index contributed by atoms with van der Waals surface area (Å²) in [6, 6.07) is 20.3. The van der Waals surface area contributed by atoms with Crippen LogP contribution in [0.3, 0.4) is 0 Å². The van der Waals surface area contributed by atoms with Gasteiger partial charge in [0, 0.05) is 26.9 Å². The van der Waals surface area contributed by atoms with Crippen LogP contribution in [0.25, 0.3) is 10.9 Å². The summed E-state index contributed by atoms with van der Waals surface area (Å²) in [6.07, 6.45) is 1.59. The molecule has 2 unspecified atom stereocenters. The Morgan fingerprint density at radius 3 is 2.46 bits per heavy atom. The molecule has 194 valence electrons. The van der Waals surface area contributed by atoms with Gasteiger partial charge >= 0.3 is 0 Å². The molecule has 0 radical (unpaired) electrons. The van der Waals surface area contributed by atoms with Crippen LogP contribution in [-0.4, -0.2) is 42.7 Å². The van der Waals surface area contributed by atoms with Crippen LogP contribution in [0.4, 0.5) is 8.78 Å². The highest BCUT2D eigenvalue weighted by molar-refractivity contribution is 9.10. The summed E-state index contributed by atoms with van der Waals surface area (Å²) in [5.74, 6) is -1.72. The van der Waals surface area contributed by atoms with Gasteiger partial charge in [0.25, 0.3) is 0 Å². The molecule has 0 fully saturated rings. The van der Waals surface area contributed by atoms with E-state index < -0.39 is 23.2 Å². The molecule has 0 bridgehead atoms. The van der Waals surface area contributed by atoms with Gasteiger partial charge in [0.1, 0.15) is 17.2 Å². The molecule has 4 rings (SSSR count). The Morgan fingerprint density at radius 1 is 1.00 bits per heavy atom. The first-order chi connectivity index (χ1) is 17.7. The van der Waals surface area contributed by atoms with Gasteiger partial charge in [-0.2, -0.15) is 0 Å². The van der Waals surface area contributed by atoms with Crippen LogP contribution in [0.1, 0.15) is 41.9 Å². The molecule has 0 spiro atoms. The van der Waals surface area contributed by atoms with Crippen molar-refractivity contribution < 1.29 is 18.6 Å². The lowest BCUT2D eigenvalue weighted by Crippen LogP contribution is -2.36. The number of nitrogens with zero attached hydrogens (tertiary/aromatic N) is 2. The molecule has 2 atom stereocenters. The van der Waals surface area contributed by atoms with Crippen molar-refractivity contribution in [2.45, 2.75) is 30.8 Å². The van der Waals surface area contributed by atoms with Crippen molar-refractivity contribution in [1.29, 1.82) is 0 Å². The zero-order chi connectivity index (χ0) is 26.6. The molecule has 4 nitrogen and oxygen atoms in total. The van der Waals surface area contributed by atoms with E-state index in [1.807, 2.05) is 68.7 Å². The summed E-state index contributed by atoms with van der Waals surface area (Å²) in [5, 5.41) is 13.4. The van der Waals surface area contributed by atoms with Crippen LogP contribution in [-0.2, 0) is 5.60 Å². The van der Waals surface area contributed by atoms with Gasteiger partial charge in [-0.3, -0.25) is 0 Å². The van der Waals surface area contributed by atoms with Gasteiger partial charge in [-0.1, -0.05) is 46.3 Å². The van der Waals surface area contributed by atoms with Crippen molar-refractivity contribution in [1.82, 2.24) is 9.88 Å². The average molecular weight is 569 g/mol. The second-order valence-electron chi connectivity index (χ2n) is 9.58. The highest BCUT2D eigenvalue weighted by Gasteiger charge is 2.44. The lowest BCUT2D eigenvalue weighted by atomic mass is 9.71. The molecule has 4 aromatic rings. The fourth-order valence-corrected chi connectivity index (χ4v) is 5.34.